The molecule has 30 heavy (non-hydrogen) atoms. The highest BCUT2D eigenvalue weighted by molar-refractivity contribution is 9.10. The van der Waals surface area contributed by atoms with Gasteiger partial charge >= 0.3 is 0 Å². The molecule has 2 heterocycles. The van der Waals surface area contributed by atoms with Gasteiger partial charge in [0.05, 0.1) is 38.5 Å². The van der Waals surface area contributed by atoms with Crippen molar-refractivity contribution in [3.8, 4) is 11.5 Å². The minimum atomic E-state index is -0.374. The molecule has 0 aliphatic carbocycles. The average Bonchev–Trinajstić information content (AvgIpc) is 2.74. The third-order valence-corrected chi connectivity index (χ3v) is 6.03. The zero-order valence-corrected chi connectivity index (χ0v) is 18.7. The predicted octanol–water partition coefficient (Wildman–Crippen LogP) is 5.25. The molecule has 0 atom stereocenters. The van der Waals surface area contributed by atoms with Gasteiger partial charge in [-0.1, -0.05) is 15.9 Å². The summed E-state index contributed by atoms with van der Waals surface area (Å²) in [6.45, 7) is 2.82. The minimum Gasteiger partial charge on any atom is -0.493 e. The van der Waals surface area contributed by atoms with Crippen molar-refractivity contribution in [2.75, 3.05) is 39.3 Å². The first-order chi connectivity index (χ1) is 14.5. The van der Waals surface area contributed by atoms with Gasteiger partial charge in [0.15, 0.2) is 11.5 Å². The maximum Gasteiger partial charge on any atom is 0.224 e. The number of hydrogen-bond donors (Lipinski definition) is 1. The Bertz CT molecular complexity index is 1060. The van der Waals surface area contributed by atoms with E-state index in [1.54, 1.807) is 19.2 Å². The van der Waals surface area contributed by atoms with Crippen LogP contribution in [0.25, 0.3) is 10.9 Å². The Kier molecular flexibility index (Phi) is 6.06. The molecule has 1 aromatic heterocycles. The lowest BCUT2D eigenvalue weighted by molar-refractivity contribution is -0.928. The number of nitrogens with one attached hydrogen (secondary N) is 1. The molecule has 4 rings (SSSR count). The molecule has 0 spiro atoms. The Hall–Kier alpha value is -2.45. The van der Waals surface area contributed by atoms with Gasteiger partial charge in [-0.15, -0.1) is 0 Å². The second-order valence-electron chi connectivity index (χ2n) is 7.89. The summed E-state index contributed by atoms with van der Waals surface area (Å²) in [5.41, 5.74) is 1.03. The largest absolute Gasteiger partial charge is 0.493 e. The third kappa shape index (κ3) is 4.49. The zero-order valence-electron chi connectivity index (χ0n) is 17.1. The second kappa shape index (κ2) is 8.73. The number of piperidine rings is 1. The summed E-state index contributed by atoms with van der Waals surface area (Å²) >= 11 is 3.27. The number of hydrogen-bond acceptors (Lipinski definition) is 5. The number of rotatable bonds is 6. The number of aromatic nitrogens is 2. The quantitative estimate of drug-likeness (QED) is 0.493. The summed E-state index contributed by atoms with van der Waals surface area (Å²) in [5, 5.41) is 3.78. The van der Waals surface area contributed by atoms with E-state index < -0.39 is 0 Å². The molecule has 1 N–H and O–H groups in total. The van der Waals surface area contributed by atoms with Crippen molar-refractivity contribution >= 4 is 38.3 Å². The number of likely N-dealkylation sites (tertiary alicyclic amines) is 1. The number of nitrogens with zero attached hydrogens (tertiary/aromatic N) is 3. The standard InChI is InChI=1S/C22H25BrFN4O2/c1-28(8-4-3-5-9-28)14-30-21-12-19-16(11-20(21)29-2)22(26-13-25-19)27-18-7-6-15(23)10-17(18)24/h6-7,10-13H,3-5,8-9,14H2,1-2H3,(H,25,26,27)/q+1. The van der Waals surface area contributed by atoms with E-state index in [1.165, 1.54) is 31.7 Å². The molecule has 1 aliphatic heterocycles. The van der Waals surface area contributed by atoms with Crippen LogP contribution in [-0.4, -0.2) is 48.4 Å². The van der Waals surface area contributed by atoms with Crippen molar-refractivity contribution in [2.24, 2.45) is 0 Å². The van der Waals surface area contributed by atoms with Crippen molar-refractivity contribution in [1.82, 2.24) is 9.97 Å². The molecule has 1 aliphatic rings. The number of halogens is 2. The fraction of sp³-hybridized carbons (Fsp3) is 0.364. The molecule has 2 aromatic carbocycles. The van der Waals surface area contributed by atoms with Crippen LogP contribution in [0.5, 0.6) is 11.5 Å². The van der Waals surface area contributed by atoms with E-state index in [4.69, 9.17) is 9.47 Å². The number of quaternary nitrogens is 1. The molecule has 0 amide bonds. The van der Waals surface area contributed by atoms with E-state index in [9.17, 15) is 4.39 Å². The lowest BCUT2D eigenvalue weighted by Gasteiger charge is -2.37. The maximum atomic E-state index is 14.3. The van der Waals surface area contributed by atoms with Crippen molar-refractivity contribution in [3.05, 3.63) is 46.9 Å². The average molecular weight is 476 g/mol. The Morgan fingerprint density at radius 2 is 1.90 bits per heavy atom. The molecule has 0 radical (unpaired) electrons. The number of benzene rings is 2. The van der Waals surface area contributed by atoms with Crippen LogP contribution in [-0.2, 0) is 0 Å². The van der Waals surface area contributed by atoms with Crippen LogP contribution in [0.2, 0.25) is 0 Å². The van der Waals surface area contributed by atoms with Crippen molar-refractivity contribution in [1.29, 1.82) is 0 Å². The van der Waals surface area contributed by atoms with Crippen LogP contribution >= 0.6 is 15.9 Å². The monoisotopic (exact) mass is 475 g/mol. The van der Waals surface area contributed by atoms with Gasteiger partial charge in [0.2, 0.25) is 6.73 Å². The number of ether oxygens (including phenoxy) is 2. The molecule has 0 saturated carbocycles. The van der Waals surface area contributed by atoms with E-state index in [-0.39, 0.29) is 5.82 Å². The van der Waals surface area contributed by atoms with Crippen LogP contribution in [0.15, 0.2) is 41.1 Å². The smallest absolute Gasteiger partial charge is 0.224 e. The topological polar surface area (TPSA) is 56.3 Å². The molecule has 158 valence electrons. The summed E-state index contributed by atoms with van der Waals surface area (Å²) in [7, 11) is 3.83. The van der Waals surface area contributed by atoms with Gasteiger partial charge in [-0.05, 0) is 43.5 Å². The summed E-state index contributed by atoms with van der Waals surface area (Å²) < 4.78 is 27.6. The number of methoxy groups -OCH3 is 1. The lowest BCUT2D eigenvalue weighted by atomic mass is 10.1. The molecule has 1 fully saturated rings. The summed E-state index contributed by atoms with van der Waals surface area (Å²) in [6.07, 6.45) is 5.20. The van der Waals surface area contributed by atoms with Crippen molar-refractivity contribution in [3.63, 3.8) is 0 Å². The Balaban J connectivity index is 1.63. The first-order valence-corrected chi connectivity index (χ1v) is 10.8. The molecule has 1 saturated heterocycles. The van der Waals surface area contributed by atoms with Crippen LogP contribution in [0, 0.1) is 5.82 Å². The maximum absolute atomic E-state index is 14.3. The minimum absolute atomic E-state index is 0.333. The Labute approximate surface area is 183 Å². The zero-order chi connectivity index (χ0) is 21.1. The summed E-state index contributed by atoms with van der Waals surface area (Å²) in [5.74, 6) is 1.37. The summed E-state index contributed by atoms with van der Waals surface area (Å²) in [4.78, 5) is 8.68. The highest BCUT2D eigenvalue weighted by Gasteiger charge is 2.26. The van der Waals surface area contributed by atoms with E-state index >= 15 is 0 Å². The normalized spacial score (nSPS) is 15.7. The van der Waals surface area contributed by atoms with Gasteiger partial charge in [-0.25, -0.2) is 14.4 Å². The molecular formula is C22H25BrFN4O2+. The highest BCUT2D eigenvalue weighted by Crippen LogP contribution is 2.35. The predicted molar refractivity (Wildman–Crippen MR) is 119 cm³/mol. The molecular weight excluding hydrogens is 451 g/mol. The van der Waals surface area contributed by atoms with Gasteiger partial charge in [0, 0.05) is 15.9 Å². The molecule has 3 aromatic rings. The fourth-order valence-electron chi connectivity index (χ4n) is 3.78. The second-order valence-corrected chi connectivity index (χ2v) is 8.81. The lowest BCUT2D eigenvalue weighted by Crippen LogP contribution is -2.50. The van der Waals surface area contributed by atoms with E-state index in [0.29, 0.717) is 39.7 Å². The van der Waals surface area contributed by atoms with E-state index in [2.05, 4.69) is 38.3 Å². The van der Waals surface area contributed by atoms with E-state index in [0.717, 1.165) is 23.0 Å². The van der Waals surface area contributed by atoms with Crippen LogP contribution in [0.3, 0.4) is 0 Å². The van der Waals surface area contributed by atoms with Crippen LogP contribution in [0.1, 0.15) is 19.3 Å². The van der Waals surface area contributed by atoms with Gasteiger partial charge in [0.25, 0.3) is 0 Å². The van der Waals surface area contributed by atoms with Crippen LogP contribution < -0.4 is 14.8 Å². The summed E-state index contributed by atoms with van der Waals surface area (Å²) in [6, 6.07) is 8.52. The fourth-order valence-corrected chi connectivity index (χ4v) is 4.12. The van der Waals surface area contributed by atoms with Gasteiger partial charge in [0.1, 0.15) is 18.0 Å². The number of anilines is 2. The Morgan fingerprint density at radius 1 is 1.10 bits per heavy atom. The third-order valence-electron chi connectivity index (χ3n) is 5.53. The number of fused-ring (bicyclic) bond motifs is 1. The first kappa shape index (κ1) is 20.8. The van der Waals surface area contributed by atoms with Gasteiger partial charge in [-0.2, -0.15) is 0 Å². The van der Waals surface area contributed by atoms with Gasteiger partial charge in [-0.3, -0.25) is 4.48 Å². The molecule has 6 nitrogen and oxygen atoms in total. The highest BCUT2D eigenvalue weighted by atomic mass is 79.9. The SMILES string of the molecule is COc1cc2c(Nc3ccc(Br)cc3F)ncnc2cc1OC[N+]1(C)CCCCC1. The molecule has 0 unspecified atom stereocenters. The Morgan fingerprint density at radius 3 is 2.63 bits per heavy atom. The van der Waals surface area contributed by atoms with Gasteiger partial charge < -0.3 is 14.8 Å². The molecule has 8 heteroatoms. The van der Waals surface area contributed by atoms with Crippen molar-refractivity contribution < 1.29 is 18.3 Å². The first-order valence-electron chi connectivity index (χ1n) is 9.99. The van der Waals surface area contributed by atoms with Crippen molar-refractivity contribution in [2.45, 2.75) is 19.3 Å². The van der Waals surface area contributed by atoms with Crippen LogP contribution in [0.4, 0.5) is 15.9 Å². The molecule has 0 bridgehead atoms. The van der Waals surface area contributed by atoms with E-state index in [1.807, 2.05) is 12.1 Å².